The van der Waals surface area contributed by atoms with E-state index in [1.165, 1.54) is 7.05 Å². The van der Waals surface area contributed by atoms with Gasteiger partial charge in [-0.1, -0.05) is 54.4 Å². The van der Waals surface area contributed by atoms with Gasteiger partial charge in [0.1, 0.15) is 0 Å². The minimum absolute atomic E-state index is 0.140. The lowest BCUT2D eigenvalue weighted by Crippen LogP contribution is -2.39. The lowest BCUT2D eigenvalue weighted by molar-refractivity contribution is -0.121. The van der Waals surface area contributed by atoms with Gasteiger partial charge in [-0.3, -0.25) is 4.79 Å². The zero-order chi connectivity index (χ0) is 19.3. The van der Waals surface area contributed by atoms with E-state index in [2.05, 4.69) is 5.32 Å². The average molecular weight is 375 g/mol. The number of carbonyl (C=O) groups is 1. The van der Waals surface area contributed by atoms with Crippen molar-refractivity contribution in [1.29, 1.82) is 0 Å². The Kier molecular flexibility index (Phi) is 6.56. The molecule has 5 nitrogen and oxygen atoms in total. The lowest BCUT2D eigenvalue weighted by atomic mass is 10.0. The van der Waals surface area contributed by atoms with E-state index in [9.17, 15) is 13.2 Å². The minimum atomic E-state index is -3.69. The first-order chi connectivity index (χ1) is 12.2. The topological polar surface area (TPSA) is 66.5 Å². The molecule has 2 rings (SSSR count). The minimum Gasteiger partial charge on any atom is -0.348 e. The predicted octanol–water partition coefficient (Wildman–Crippen LogP) is 3.19. The second-order valence-corrected chi connectivity index (χ2v) is 8.56. The lowest BCUT2D eigenvalue weighted by Gasteiger charge is -2.21. The van der Waals surface area contributed by atoms with Crippen LogP contribution < -0.4 is 5.32 Å². The van der Waals surface area contributed by atoms with Crippen LogP contribution in [-0.2, 0) is 14.8 Å². The average Bonchev–Trinajstić information content (AvgIpc) is 2.60. The van der Waals surface area contributed by atoms with Gasteiger partial charge in [0.25, 0.3) is 0 Å². The number of nitrogens with one attached hydrogen (secondary N) is 1. The maximum Gasteiger partial charge on any atom is 0.243 e. The van der Waals surface area contributed by atoms with Crippen LogP contribution in [0.5, 0.6) is 0 Å². The predicted molar refractivity (Wildman–Crippen MR) is 103 cm³/mol. The molecule has 0 aliphatic heterocycles. The summed E-state index contributed by atoms with van der Waals surface area (Å²) in [6.07, 6.45) is 0.725. The summed E-state index contributed by atoms with van der Waals surface area (Å²) in [5.74, 6) is -0.324. The third-order valence-electron chi connectivity index (χ3n) is 4.32. The van der Waals surface area contributed by atoms with Crippen molar-refractivity contribution in [2.24, 2.45) is 0 Å². The molecule has 0 bridgehead atoms. The molecule has 0 unspecified atom stereocenters. The highest BCUT2D eigenvalue weighted by molar-refractivity contribution is 7.89. The fourth-order valence-electron chi connectivity index (χ4n) is 2.64. The molecule has 1 amide bonds. The second-order valence-electron chi connectivity index (χ2n) is 6.51. The summed E-state index contributed by atoms with van der Waals surface area (Å²) in [6, 6.07) is 14.4. The molecule has 6 heteroatoms. The molecule has 0 aromatic heterocycles. The van der Waals surface area contributed by atoms with E-state index in [1.807, 2.05) is 45.0 Å². The van der Waals surface area contributed by atoms with E-state index >= 15 is 0 Å². The molecule has 140 valence electrons. The maximum atomic E-state index is 12.6. The normalized spacial score (nSPS) is 12.8. The Labute approximate surface area is 156 Å². The van der Waals surface area contributed by atoms with E-state index in [-0.39, 0.29) is 23.4 Å². The molecule has 0 spiro atoms. The first kappa shape index (κ1) is 20.1. The highest BCUT2D eigenvalue weighted by Crippen LogP contribution is 2.18. The van der Waals surface area contributed by atoms with E-state index < -0.39 is 10.0 Å². The Hall–Kier alpha value is -2.18. The number of carbonyl (C=O) groups excluding carboxylic acids is 1. The van der Waals surface area contributed by atoms with Crippen LogP contribution in [-0.4, -0.2) is 32.2 Å². The standard InChI is InChI=1S/C20H26N2O3S/c1-5-19(17-10-6-15(2)7-11-17)21-20(23)14-22(4)26(24,25)18-12-8-16(3)9-13-18/h6-13,19H,5,14H2,1-4H3,(H,21,23)/t19-/m1/s1. The Bertz CT molecular complexity index is 844. The van der Waals surface area contributed by atoms with Gasteiger partial charge in [0.15, 0.2) is 0 Å². The van der Waals surface area contributed by atoms with Crippen molar-refractivity contribution in [3.05, 3.63) is 65.2 Å². The van der Waals surface area contributed by atoms with Crippen molar-refractivity contribution in [1.82, 2.24) is 9.62 Å². The Morgan fingerprint density at radius 2 is 1.50 bits per heavy atom. The fraction of sp³-hybridized carbons (Fsp3) is 0.350. The van der Waals surface area contributed by atoms with Gasteiger partial charge >= 0.3 is 0 Å². The first-order valence-corrected chi connectivity index (χ1v) is 10.1. The third-order valence-corrected chi connectivity index (χ3v) is 6.14. The van der Waals surface area contributed by atoms with Crippen LogP contribution in [0.3, 0.4) is 0 Å². The number of sulfonamides is 1. The van der Waals surface area contributed by atoms with Gasteiger partial charge in [-0.15, -0.1) is 0 Å². The number of aryl methyl sites for hydroxylation is 2. The molecular weight excluding hydrogens is 348 g/mol. The van der Waals surface area contributed by atoms with E-state index in [0.29, 0.717) is 0 Å². The Balaban J connectivity index is 2.05. The summed E-state index contributed by atoms with van der Waals surface area (Å²) >= 11 is 0. The monoisotopic (exact) mass is 374 g/mol. The summed E-state index contributed by atoms with van der Waals surface area (Å²) in [4.78, 5) is 12.6. The number of benzene rings is 2. The summed E-state index contributed by atoms with van der Waals surface area (Å²) in [5, 5.41) is 2.92. The van der Waals surface area contributed by atoms with Gasteiger partial charge in [-0.2, -0.15) is 4.31 Å². The number of rotatable bonds is 7. The molecule has 0 radical (unpaired) electrons. The second kappa shape index (κ2) is 8.47. The summed E-state index contributed by atoms with van der Waals surface area (Å²) in [5.41, 5.74) is 3.14. The number of hydrogen-bond donors (Lipinski definition) is 1. The van der Waals surface area contributed by atoms with Crippen LogP contribution >= 0.6 is 0 Å². The van der Waals surface area contributed by atoms with Gasteiger partial charge in [-0.05, 0) is 38.0 Å². The maximum absolute atomic E-state index is 12.6. The van der Waals surface area contributed by atoms with Crippen LogP contribution in [0.15, 0.2) is 53.4 Å². The molecule has 0 aliphatic rings. The van der Waals surface area contributed by atoms with Crippen molar-refractivity contribution in [3.63, 3.8) is 0 Å². The van der Waals surface area contributed by atoms with Gasteiger partial charge in [0, 0.05) is 7.05 Å². The quantitative estimate of drug-likeness (QED) is 0.809. The largest absolute Gasteiger partial charge is 0.348 e. The van der Waals surface area contributed by atoms with Crippen LogP contribution in [0.25, 0.3) is 0 Å². The highest BCUT2D eigenvalue weighted by atomic mass is 32.2. The van der Waals surface area contributed by atoms with Crippen LogP contribution in [0.2, 0.25) is 0 Å². The number of nitrogens with zero attached hydrogens (tertiary/aromatic N) is 1. The van der Waals surface area contributed by atoms with Crippen LogP contribution in [0.4, 0.5) is 0 Å². The molecule has 0 saturated carbocycles. The molecule has 2 aromatic rings. The van der Waals surface area contributed by atoms with Gasteiger partial charge < -0.3 is 5.32 Å². The molecule has 0 heterocycles. The van der Waals surface area contributed by atoms with Crippen molar-refractivity contribution in [3.8, 4) is 0 Å². The van der Waals surface area contributed by atoms with Gasteiger partial charge in [0.2, 0.25) is 15.9 Å². The smallest absolute Gasteiger partial charge is 0.243 e. The zero-order valence-corrected chi connectivity index (χ0v) is 16.5. The fourth-order valence-corrected chi connectivity index (χ4v) is 3.76. The van der Waals surface area contributed by atoms with E-state index in [4.69, 9.17) is 0 Å². The van der Waals surface area contributed by atoms with E-state index in [1.54, 1.807) is 24.3 Å². The molecule has 0 saturated heterocycles. The van der Waals surface area contributed by atoms with Gasteiger partial charge in [0.05, 0.1) is 17.5 Å². The van der Waals surface area contributed by atoms with Crippen molar-refractivity contribution >= 4 is 15.9 Å². The molecular formula is C20H26N2O3S. The van der Waals surface area contributed by atoms with E-state index in [0.717, 1.165) is 27.4 Å². The number of likely N-dealkylation sites (N-methyl/N-ethyl adjacent to an activating group) is 1. The third kappa shape index (κ3) is 4.93. The first-order valence-electron chi connectivity index (χ1n) is 8.63. The summed E-state index contributed by atoms with van der Waals surface area (Å²) in [6.45, 7) is 5.66. The Morgan fingerprint density at radius 3 is 2.00 bits per heavy atom. The molecule has 2 aromatic carbocycles. The Morgan fingerprint density at radius 1 is 1.00 bits per heavy atom. The zero-order valence-electron chi connectivity index (χ0n) is 15.7. The molecule has 26 heavy (non-hydrogen) atoms. The summed E-state index contributed by atoms with van der Waals surface area (Å²) < 4.78 is 26.3. The van der Waals surface area contributed by atoms with Crippen molar-refractivity contribution in [2.45, 2.75) is 38.1 Å². The van der Waals surface area contributed by atoms with Crippen LogP contribution in [0, 0.1) is 13.8 Å². The molecule has 0 fully saturated rings. The highest BCUT2D eigenvalue weighted by Gasteiger charge is 2.23. The van der Waals surface area contributed by atoms with Crippen molar-refractivity contribution < 1.29 is 13.2 Å². The summed E-state index contributed by atoms with van der Waals surface area (Å²) in [7, 11) is -2.27. The number of amides is 1. The SMILES string of the molecule is CC[C@@H](NC(=O)CN(C)S(=O)(=O)c1ccc(C)cc1)c1ccc(C)cc1. The molecule has 1 atom stereocenters. The van der Waals surface area contributed by atoms with Gasteiger partial charge in [-0.25, -0.2) is 8.42 Å². The van der Waals surface area contributed by atoms with Crippen molar-refractivity contribution in [2.75, 3.05) is 13.6 Å². The van der Waals surface area contributed by atoms with Crippen LogP contribution in [0.1, 0.15) is 36.1 Å². The molecule has 1 N–H and O–H groups in total. The molecule has 0 aliphatic carbocycles. The number of hydrogen-bond acceptors (Lipinski definition) is 3.